The van der Waals surface area contributed by atoms with Gasteiger partial charge in [0.05, 0.1) is 4.92 Å². The van der Waals surface area contributed by atoms with Gasteiger partial charge in [-0.05, 0) is 32.9 Å². The highest BCUT2D eigenvalue weighted by molar-refractivity contribution is 7.89. The van der Waals surface area contributed by atoms with Gasteiger partial charge in [0.1, 0.15) is 0 Å². The van der Waals surface area contributed by atoms with Crippen LogP contribution in [0, 0.1) is 15.9 Å². The number of benzene rings is 1. The Hall–Kier alpha value is -1.80. The maximum atomic E-state index is 13.6. The Morgan fingerprint density at radius 3 is 2.43 bits per heavy atom. The Morgan fingerprint density at radius 2 is 2.00 bits per heavy atom. The largest absolute Gasteiger partial charge is 0.324 e. The number of hydrogen-bond donors (Lipinski definition) is 0. The van der Waals surface area contributed by atoms with Crippen LogP contribution in [0.5, 0.6) is 0 Å². The van der Waals surface area contributed by atoms with Gasteiger partial charge in [-0.2, -0.15) is 8.70 Å². The van der Waals surface area contributed by atoms with Crippen LogP contribution in [0.15, 0.2) is 35.7 Å². The lowest BCUT2D eigenvalue weighted by Gasteiger charge is -2.33. The van der Waals surface area contributed by atoms with Crippen molar-refractivity contribution in [1.29, 1.82) is 0 Å². The van der Waals surface area contributed by atoms with Gasteiger partial charge in [0, 0.05) is 12.1 Å². The predicted molar refractivity (Wildman–Crippen MR) is 76.9 cm³/mol. The number of sulfonamides is 1. The first-order valence-electron chi connectivity index (χ1n) is 6.10. The van der Waals surface area contributed by atoms with Gasteiger partial charge in [0.2, 0.25) is 5.82 Å². The molecule has 1 aromatic rings. The monoisotopic (exact) mass is 316 g/mol. The molecule has 0 aliphatic carbocycles. The lowest BCUT2D eigenvalue weighted by atomic mass is 10.1. The van der Waals surface area contributed by atoms with Crippen molar-refractivity contribution in [2.45, 2.75) is 31.2 Å². The fourth-order valence-corrected chi connectivity index (χ4v) is 3.78. The van der Waals surface area contributed by atoms with Crippen molar-refractivity contribution in [3.8, 4) is 0 Å². The standard InChI is InChI=1S/C13H17FN2O4S/c1-5-9-15(13(2,3)4)21(19,20)11-8-6-7-10(14)12(11)16(17)18/h5-8H,1,9H2,2-4H3. The second-order valence-electron chi connectivity index (χ2n) is 5.34. The highest BCUT2D eigenvalue weighted by Crippen LogP contribution is 2.32. The van der Waals surface area contributed by atoms with Gasteiger partial charge in [0.25, 0.3) is 10.0 Å². The summed E-state index contributed by atoms with van der Waals surface area (Å²) in [4.78, 5) is 9.29. The molecule has 0 spiro atoms. The molecule has 0 unspecified atom stereocenters. The zero-order valence-corrected chi connectivity index (χ0v) is 12.9. The molecule has 0 N–H and O–H groups in total. The van der Waals surface area contributed by atoms with Gasteiger partial charge in [-0.25, -0.2) is 8.42 Å². The van der Waals surface area contributed by atoms with Crippen LogP contribution < -0.4 is 0 Å². The molecule has 116 valence electrons. The Labute approximate surface area is 123 Å². The van der Waals surface area contributed by atoms with Crippen molar-refractivity contribution in [2.75, 3.05) is 6.54 Å². The summed E-state index contributed by atoms with van der Waals surface area (Å²) in [6.45, 7) is 8.35. The molecule has 0 bridgehead atoms. The van der Waals surface area contributed by atoms with Crippen molar-refractivity contribution >= 4 is 15.7 Å². The van der Waals surface area contributed by atoms with Crippen LogP contribution in [0.25, 0.3) is 0 Å². The summed E-state index contributed by atoms with van der Waals surface area (Å²) in [6, 6.07) is 3.01. The number of nitro groups is 1. The van der Waals surface area contributed by atoms with E-state index < -0.39 is 36.9 Å². The first-order chi connectivity index (χ1) is 9.53. The maximum absolute atomic E-state index is 13.6. The van der Waals surface area contributed by atoms with Gasteiger partial charge in [-0.15, -0.1) is 6.58 Å². The Balaban J connectivity index is 3.60. The summed E-state index contributed by atoms with van der Waals surface area (Å²) >= 11 is 0. The number of nitrogens with zero attached hydrogens (tertiary/aromatic N) is 2. The molecule has 0 aromatic heterocycles. The van der Waals surface area contributed by atoms with Crippen LogP contribution in [0.4, 0.5) is 10.1 Å². The molecule has 6 nitrogen and oxygen atoms in total. The number of para-hydroxylation sites is 1. The highest BCUT2D eigenvalue weighted by atomic mass is 32.2. The quantitative estimate of drug-likeness (QED) is 0.475. The predicted octanol–water partition coefficient (Wildman–Crippen LogP) is 2.71. The lowest BCUT2D eigenvalue weighted by molar-refractivity contribution is -0.390. The average molecular weight is 316 g/mol. The third-order valence-electron chi connectivity index (χ3n) is 2.74. The molecule has 0 saturated heterocycles. The van der Waals surface area contributed by atoms with Gasteiger partial charge in [-0.3, -0.25) is 10.1 Å². The van der Waals surface area contributed by atoms with Crippen molar-refractivity contribution in [2.24, 2.45) is 0 Å². The van der Waals surface area contributed by atoms with Gasteiger partial charge in [-0.1, -0.05) is 12.1 Å². The second-order valence-corrected chi connectivity index (χ2v) is 7.17. The summed E-state index contributed by atoms with van der Waals surface area (Å²) < 4.78 is 40.0. The van der Waals surface area contributed by atoms with Crippen molar-refractivity contribution in [1.82, 2.24) is 4.31 Å². The van der Waals surface area contributed by atoms with Crippen LogP contribution in [-0.2, 0) is 10.0 Å². The Bertz CT molecular complexity index is 665. The summed E-state index contributed by atoms with van der Waals surface area (Å²) in [6.07, 6.45) is 1.37. The molecule has 0 heterocycles. The van der Waals surface area contributed by atoms with E-state index in [0.29, 0.717) is 0 Å². The Morgan fingerprint density at radius 1 is 1.43 bits per heavy atom. The third-order valence-corrected chi connectivity index (χ3v) is 4.91. The average Bonchev–Trinajstić information content (AvgIpc) is 2.33. The van der Waals surface area contributed by atoms with E-state index in [4.69, 9.17) is 0 Å². The topological polar surface area (TPSA) is 80.5 Å². The molecule has 21 heavy (non-hydrogen) atoms. The van der Waals surface area contributed by atoms with E-state index in [1.165, 1.54) is 6.08 Å². The van der Waals surface area contributed by atoms with Crippen molar-refractivity contribution in [3.05, 3.63) is 46.8 Å². The lowest BCUT2D eigenvalue weighted by Crippen LogP contribution is -2.45. The molecule has 8 heteroatoms. The maximum Gasteiger partial charge on any atom is 0.324 e. The SMILES string of the molecule is C=CCN(C(C)(C)C)S(=O)(=O)c1cccc(F)c1[N+](=O)[O-]. The molecule has 1 aromatic carbocycles. The fourth-order valence-electron chi connectivity index (χ4n) is 1.85. The summed E-state index contributed by atoms with van der Waals surface area (Å²) in [5.74, 6) is -1.19. The summed E-state index contributed by atoms with van der Waals surface area (Å²) in [7, 11) is -4.24. The van der Waals surface area contributed by atoms with Crippen LogP contribution in [-0.4, -0.2) is 29.7 Å². The number of rotatable bonds is 5. The van der Waals surface area contributed by atoms with E-state index in [0.717, 1.165) is 22.5 Å². The third kappa shape index (κ3) is 3.45. The van der Waals surface area contributed by atoms with E-state index in [1.807, 2.05) is 0 Å². The molecule has 0 amide bonds. The van der Waals surface area contributed by atoms with Crippen LogP contribution >= 0.6 is 0 Å². The minimum absolute atomic E-state index is 0.0422. The van der Waals surface area contributed by atoms with E-state index in [-0.39, 0.29) is 6.54 Å². The first kappa shape index (κ1) is 17.3. The first-order valence-corrected chi connectivity index (χ1v) is 7.54. The van der Waals surface area contributed by atoms with E-state index in [9.17, 15) is 22.9 Å². The van der Waals surface area contributed by atoms with Gasteiger partial charge in [0.15, 0.2) is 4.90 Å². The minimum Gasteiger partial charge on any atom is -0.258 e. The van der Waals surface area contributed by atoms with E-state index in [1.54, 1.807) is 20.8 Å². The van der Waals surface area contributed by atoms with Crippen molar-refractivity contribution < 1.29 is 17.7 Å². The molecule has 0 saturated carbocycles. The smallest absolute Gasteiger partial charge is 0.258 e. The zero-order chi connectivity index (χ0) is 16.4. The fraction of sp³-hybridized carbons (Fsp3) is 0.385. The Kier molecular flexibility index (Phi) is 4.85. The number of nitro benzene ring substituents is 1. The number of halogens is 1. The van der Waals surface area contributed by atoms with E-state index in [2.05, 4.69) is 6.58 Å². The molecular formula is C13H17FN2O4S. The number of hydrogen-bond acceptors (Lipinski definition) is 4. The molecule has 1 rings (SSSR count). The molecule has 0 atom stereocenters. The minimum atomic E-state index is -4.24. The van der Waals surface area contributed by atoms with Gasteiger partial charge >= 0.3 is 5.69 Å². The normalized spacial score (nSPS) is 12.4. The summed E-state index contributed by atoms with van der Waals surface area (Å²) in [5, 5.41) is 11.0. The molecule has 0 aliphatic heterocycles. The van der Waals surface area contributed by atoms with Crippen LogP contribution in [0.1, 0.15) is 20.8 Å². The molecule has 0 radical (unpaired) electrons. The molecule has 0 fully saturated rings. The molecular weight excluding hydrogens is 299 g/mol. The summed E-state index contributed by atoms with van der Waals surface area (Å²) in [5.41, 5.74) is -1.89. The van der Waals surface area contributed by atoms with E-state index >= 15 is 0 Å². The van der Waals surface area contributed by atoms with Crippen LogP contribution in [0.2, 0.25) is 0 Å². The van der Waals surface area contributed by atoms with Crippen molar-refractivity contribution in [3.63, 3.8) is 0 Å². The second kappa shape index (κ2) is 5.90. The van der Waals surface area contributed by atoms with Crippen LogP contribution in [0.3, 0.4) is 0 Å². The van der Waals surface area contributed by atoms with Gasteiger partial charge < -0.3 is 0 Å². The molecule has 0 aliphatic rings. The highest BCUT2D eigenvalue weighted by Gasteiger charge is 2.38. The zero-order valence-electron chi connectivity index (χ0n) is 12.0.